The third-order valence-electron chi connectivity index (χ3n) is 3.84. The van der Waals surface area contributed by atoms with Crippen LogP contribution in [0.25, 0.3) is 0 Å². The van der Waals surface area contributed by atoms with Crippen LogP contribution in [0.5, 0.6) is 5.75 Å². The number of nitrogens with two attached hydrogens (primary N) is 1. The molecule has 0 aliphatic heterocycles. The van der Waals surface area contributed by atoms with E-state index in [9.17, 15) is 0 Å². The molecule has 1 unspecified atom stereocenters. The van der Waals surface area contributed by atoms with Gasteiger partial charge in [0.05, 0.1) is 6.10 Å². The van der Waals surface area contributed by atoms with Crippen molar-refractivity contribution in [1.82, 2.24) is 4.37 Å². The second kappa shape index (κ2) is 5.57. The van der Waals surface area contributed by atoms with Gasteiger partial charge in [-0.15, -0.1) is 0 Å². The lowest BCUT2D eigenvalue weighted by molar-refractivity contribution is 0.215. The predicted octanol–water partition coefficient (Wildman–Crippen LogP) is 3.89. The first-order valence-electron chi connectivity index (χ1n) is 7.08. The summed E-state index contributed by atoms with van der Waals surface area (Å²) in [6.45, 7) is 8.67. The maximum absolute atomic E-state index is 5.90. The highest BCUT2D eigenvalue weighted by atomic mass is 32.1. The van der Waals surface area contributed by atoms with Gasteiger partial charge in [-0.1, -0.05) is 26.7 Å². The summed E-state index contributed by atoms with van der Waals surface area (Å²) in [4.78, 5) is 0. The van der Waals surface area contributed by atoms with Gasteiger partial charge in [0.2, 0.25) is 0 Å². The Labute approximate surface area is 119 Å². The number of anilines is 2. The van der Waals surface area contributed by atoms with Gasteiger partial charge in [0.15, 0.2) is 16.6 Å². The van der Waals surface area contributed by atoms with Gasteiger partial charge in [0.1, 0.15) is 0 Å². The normalized spacial score (nSPS) is 22.5. The Balaban J connectivity index is 2.14. The number of nitrogen functional groups attached to an aromatic ring is 1. The van der Waals surface area contributed by atoms with Crippen LogP contribution in [0.1, 0.15) is 53.4 Å². The van der Waals surface area contributed by atoms with E-state index in [0.29, 0.717) is 17.3 Å². The van der Waals surface area contributed by atoms with Crippen LogP contribution in [0.2, 0.25) is 0 Å². The Hall–Kier alpha value is -0.970. The van der Waals surface area contributed by atoms with Crippen LogP contribution in [0.3, 0.4) is 0 Å². The van der Waals surface area contributed by atoms with Gasteiger partial charge >= 0.3 is 0 Å². The van der Waals surface area contributed by atoms with Crippen molar-refractivity contribution in [3.05, 3.63) is 0 Å². The van der Waals surface area contributed by atoms with Gasteiger partial charge in [0.25, 0.3) is 0 Å². The van der Waals surface area contributed by atoms with Crippen molar-refractivity contribution >= 4 is 22.4 Å². The van der Waals surface area contributed by atoms with Crippen molar-refractivity contribution in [2.45, 2.75) is 65.5 Å². The van der Waals surface area contributed by atoms with E-state index in [1.165, 1.54) is 37.2 Å². The lowest BCUT2D eigenvalue weighted by Crippen LogP contribution is -2.38. The fourth-order valence-corrected chi connectivity index (χ4v) is 3.36. The Morgan fingerprint density at radius 2 is 2.16 bits per heavy atom. The zero-order valence-electron chi connectivity index (χ0n) is 12.3. The highest BCUT2D eigenvalue weighted by Crippen LogP contribution is 2.42. The third-order valence-corrected chi connectivity index (χ3v) is 4.61. The molecule has 1 aromatic heterocycles. The highest BCUT2D eigenvalue weighted by molar-refractivity contribution is 7.11. The molecule has 0 amide bonds. The lowest BCUT2D eigenvalue weighted by atomic mass is 9.73. The molecule has 1 heterocycles. The molecule has 0 aromatic carbocycles. The lowest BCUT2D eigenvalue weighted by Gasteiger charge is -2.39. The predicted molar refractivity (Wildman–Crippen MR) is 82.0 cm³/mol. The van der Waals surface area contributed by atoms with Gasteiger partial charge in [-0.05, 0) is 43.6 Å². The monoisotopic (exact) mass is 283 g/mol. The van der Waals surface area contributed by atoms with Crippen LogP contribution in [-0.4, -0.2) is 16.5 Å². The number of aromatic nitrogens is 1. The SMILES string of the molecule is CC(C)Oc1c(N)nsc1NC1CCCCC1(C)C. The quantitative estimate of drug-likeness (QED) is 0.880. The second-order valence-electron chi connectivity index (χ2n) is 6.32. The summed E-state index contributed by atoms with van der Waals surface area (Å²) in [7, 11) is 0. The van der Waals surface area contributed by atoms with Gasteiger partial charge < -0.3 is 15.8 Å². The summed E-state index contributed by atoms with van der Waals surface area (Å²) >= 11 is 1.40. The smallest absolute Gasteiger partial charge is 0.197 e. The summed E-state index contributed by atoms with van der Waals surface area (Å²) in [5.41, 5.74) is 6.21. The van der Waals surface area contributed by atoms with Crippen molar-refractivity contribution < 1.29 is 4.74 Å². The molecule has 0 saturated heterocycles. The number of nitrogens with one attached hydrogen (secondary N) is 1. The minimum Gasteiger partial charge on any atom is -0.484 e. The summed E-state index contributed by atoms with van der Waals surface area (Å²) < 4.78 is 10.0. The summed E-state index contributed by atoms with van der Waals surface area (Å²) in [5.74, 6) is 1.22. The molecule has 4 nitrogen and oxygen atoms in total. The average molecular weight is 283 g/mol. The number of rotatable bonds is 4. The molecule has 0 spiro atoms. The first-order valence-corrected chi connectivity index (χ1v) is 7.86. The van der Waals surface area contributed by atoms with E-state index in [-0.39, 0.29) is 6.10 Å². The summed E-state index contributed by atoms with van der Waals surface area (Å²) in [6.07, 6.45) is 5.19. The van der Waals surface area contributed by atoms with Gasteiger partial charge in [-0.2, -0.15) is 4.37 Å². The molecule has 19 heavy (non-hydrogen) atoms. The van der Waals surface area contributed by atoms with Crippen LogP contribution in [0, 0.1) is 5.41 Å². The number of ether oxygens (including phenoxy) is 1. The van der Waals surface area contributed by atoms with Gasteiger partial charge in [-0.3, -0.25) is 0 Å². The van der Waals surface area contributed by atoms with Crippen LogP contribution in [0.4, 0.5) is 10.8 Å². The average Bonchev–Trinajstić information content (AvgIpc) is 2.63. The van der Waals surface area contributed by atoms with E-state index in [1.54, 1.807) is 0 Å². The van der Waals surface area contributed by atoms with E-state index >= 15 is 0 Å². The first kappa shape index (κ1) is 14.4. The van der Waals surface area contributed by atoms with E-state index in [0.717, 1.165) is 10.8 Å². The van der Waals surface area contributed by atoms with Crippen LogP contribution < -0.4 is 15.8 Å². The van der Waals surface area contributed by atoms with Crippen molar-refractivity contribution in [2.75, 3.05) is 11.1 Å². The molecule has 108 valence electrons. The largest absolute Gasteiger partial charge is 0.484 e. The minimum atomic E-state index is 0.110. The van der Waals surface area contributed by atoms with E-state index in [4.69, 9.17) is 10.5 Å². The Bertz CT molecular complexity index is 428. The zero-order valence-corrected chi connectivity index (χ0v) is 13.1. The Morgan fingerprint density at radius 1 is 1.42 bits per heavy atom. The molecule has 2 rings (SSSR count). The molecular formula is C14H25N3OS. The number of hydrogen-bond acceptors (Lipinski definition) is 5. The maximum atomic E-state index is 5.90. The summed E-state index contributed by atoms with van der Waals surface area (Å²) in [6, 6.07) is 0.468. The van der Waals surface area contributed by atoms with E-state index < -0.39 is 0 Å². The van der Waals surface area contributed by atoms with Crippen molar-refractivity contribution in [1.29, 1.82) is 0 Å². The molecule has 1 saturated carbocycles. The van der Waals surface area contributed by atoms with Gasteiger partial charge in [-0.25, -0.2) is 0 Å². The standard InChI is InChI=1S/C14H25N3OS/c1-9(2)18-11-12(15)17-19-13(11)16-10-7-5-6-8-14(10,3)4/h9-10,16H,5-8H2,1-4H3,(H2,15,17). The highest BCUT2D eigenvalue weighted by Gasteiger charge is 2.33. The molecule has 1 aliphatic carbocycles. The fourth-order valence-electron chi connectivity index (χ4n) is 2.66. The third kappa shape index (κ3) is 3.32. The van der Waals surface area contributed by atoms with E-state index in [1.807, 2.05) is 13.8 Å². The van der Waals surface area contributed by atoms with Crippen molar-refractivity contribution in [3.8, 4) is 5.75 Å². The second-order valence-corrected chi connectivity index (χ2v) is 7.10. The van der Waals surface area contributed by atoms with Crippen LogP contribution in [0.15, 0.2) is 0 Å². The van der Waals surface area contributed by atoms with E-state index in [2.05, 4.69) is 23.5 Å². The van der Waals surface area contributed by atoms with Crippen molar-refractivity contribution in [2.24, 2.45) is 5.41 Å². The fraction of sp³-hybridized carbons (Fsp3) is 0.786. The number of hydrogen-bond donors (Lipinski definition) is 2. The van der Waals surface area contributed by atoms with Crippen molar-refractivity contribution in [3.63, 3.8) is 0 Å². The first-order chi connectivity index (χ1) is 8.90. The Morgan fingerprint density at radius 3 is 2.79 bits per heavy atom. The molecule has 0 bridgehead atoms. The molecule has 1 aromatic rings. The molecule has 1 atom stereocenters. The molecule has 5 heteroatoms. The molecule has 3 N–H and O–H groups in total. The molecule has 1 aliphatic rings. The Kier molecular flexibility index (Phi) is 4.23. The summed E-state index contributed by atoms with van der Waals surface area (Å²) in [5, 5.41) is 4.59. The molecule has 0 radical (unpaired) electrons. The zero-order chi connectivity index (χ0) is 14.0. The maximum Gasteiger partial charge on any atom is 0.197 e. The number of nitrogens with zero attached hydrogens (tertiary/aromatic N) is 1. The van der Waals surface area contributed by atoms with Gasteiger partial charge in [0, 0.05) is 6.04 Å². The van der Waals surface area contributed by atoms with Crippen LogP contribution in [-0.2, 0) is 0 Å². The molecule has 1 fully saturated rings. The minimum absolute atomic E-state index is 0.110. The molecular weight excluding hydrogens is 258 g/mol. The topological polar surface area (TPSA) is 60.2 Å². The van der Waals surface area contributed by atoms with Crippen LogP contribution >= 0.6 is 11.5 Å².